The molecule has 3 aromatic heterocycles. The van der Waals surface area contributed by atoms with Gasteiger partial charge in [-0.25, -0.2) is 4.98 Å². The summed E-state index contributed by atoms with van der Waals surface area (Å²) in [6.45, 7) is 0.321. The summed E-state index contributed by atoms with van der Waals surface area (Å²) in [5.74, 6) is 0.390. The molecule has 6 nitrogen and oxygen atoms in total. The summed E-state index contributed by atoms with van der Waals surface area (Å²) in [6, 6.07) is 22.6. The van der Waals surface area contributed by atoms with Gasteiger partial charge >= 0.3 is 0 Å². The average molecular weight is 394 g/mol. The lowest BCUT2D eigenvalue weighted by Crippen LogP contribution is -2.12. The number of carbonyl (C=O) groups excluding carboxylic acids is 1. The summed E-state index contributed by atoms with van der Waals surface area (Å²) in [4.78, 5) is 21.6. The molecule has 0 bridgehead atoms. The topological polar surface area (TPSA) is 68.5 Å². The van der Waals surface area contributed by atoms with Gasteiger partial charge in [0.05, 0.1) is 23.1 Å². The molecule has 0 saturated heterocycles. The number of amides is 1. The third-order valence-corrected chi connectivity index (χ3v) is 4.75. The number of rotatable bonds is 5. The lowest BCUT2D eigenvalue weighted by molar-refractivity contribution is 0.102. The summed E-state index contributed by atoms with van der Waals surface area (Å²) < 4.78 is 7.80. The summed E-state index contributed by atoms with van der Waals surface area (Å²) >= 11 is 0. The highest BCUT2D eigenvalue weighted by Crippen LogP contribution is 2.19. The maximum Gasteiger partial charge on any atom is 0.255 e. The van der Waals surface area contributed by atoms with Gasteiger partial charge in [-0.05, 0) is 42.5 Å². The van der Waals surface area contributed by atoms with E-state index in [1.165, 1.54) is 0 Å². The molecule has 0 atom stereocenters. The van der Waals surface area contributed by atoms with Crippen molar-refractivity contribution in [2.45, 2.75) is 6.61 Å². The lowest BCUT2D eigenvalue weighted by atomic mass is 10.2. The van der Waals surface area contributed by atoms with Gasteiger partial charge in [-0.1, -0.05) is 30.3 Å². The third-order valence-electron chi connectivity index (χ3n) is 4.75. The molecule has 0 radical (unpaired) electrons. The third kappa shape index (κ3) is 3.71. The number of hydrogen-bond acceptors (Lipinski definition) is 4. The van der Waals surface area contributed by atoms with Crippen LogP contribution in [0.2, 0.25) is 0 Å². The van der Waals surface area contributed by atoms with Crippen LogP contribution in [0, 0.1) is 0 Å². The van der Waals surface area contributed by atoms with Crippen LogP contribution in [0.15, 0.2) is 91.4 Å². The summed E-state index contributed by atoms with van der Waals surface area (Å²) in [6.07, 6.45) is 5.53. The molecule has 0 fully saturated rings. The second kappa shape index (κ2) is 7.67. The first-order valence-electron chi connectivity index (χ1n) is 9.56. The molecule has 5 aromatic rings. The van der Waals surface area contributed by atoms with E-state index in [0.29, 0.717) is 23.6 Å². The molecule has 0 aliphatic heterocycles. The molecule has 1 N–H and O–H groups in total. The molecule has 0 aliphatic carbocycles. The fourth-order valence-electron chi connectivity index (χ4n) is 3.28. The Morgan fingerprint density at radius 3 is 2.83 bits per heavy atom. The zero-order valence-electron chi connectivity index (χ0n) is 16.0. The van der Waals surface area contributed by atoms with Crippen LogP contribution in [-0.2, 0) is 6.61 Å². The number of fused-ring (bicyclic) bond motifs is 2. The fourth-order valence-corrected chi connectivity index (χ4v) is 3.28. The van der Waals surface area contributed by atoms with Crippen molar-refractivity contribution in [2.24, 2.45) is 0 Å². The van der Waals surface area contributed by atoms with Crippen LogP contribution in [0.1, 0.15) is 16.1 Å². The van der Waals surface area contributed by atoms with Crippen LogP contribution >= 0.6 is 0 Å². The van der Waals surface area contributed by atoms with Crippen molar-refractivity contribution in [1.82, 2.24) is 14.4 Å². The number of carbonyl (C=O) groups is 1. The Bertz CT molecular complexity index is 1330. The molecule has 0 aliphatic rings. The van der Waals surface area contributed by atoms with E-state index in [4.69, 9.17) is 4.74 Å². The zero-order valence-corrected chi connectivity index (χ0v) is 16.0. The van der Waals surface area contributed by atoms with E-state index in [0.717, 1.165) is 22.2 Å². The highest BCUT2D eigenvalue weighted by atomic mass is 16.5. The predicted octanol–water partition coefficient (Wildman–Crippen LogP) is 4.71. The number of imidazole rings is 1. The summed E-state index contributed by atoms with van der Waals surface area (Å²) in [7, 11) is 0. The largest absolute Gasteiger partial charge is 0.487 e. The van der Waals surface area contributed by atoms with Gasteiger partial charge in [0, 0.05) is 23.3 Å². The Morgan fingerprint density at radius 2 is 1.90 bits per heavy atom. The minimum absolute atomic E-state index is 0.217. The Morgan fingerprint density at radius 1 is 1.00 bits per heavy atom. The summed E-state index contributed by atoms with van der Waals surface area (Å²) in [5.41, 5.74) is 3.73. The van der Waals surface area contributed by atoms with E-state index in [9.17, 15) is 4.79 Å². The standard InChI is InChI=1S/C24H18N4O2/c29-24(27-19-12-17-6-1-2-9-22(17)25-14-19)18-7-5-8-21(13-18)30-16-20-15-28-11-4-3-10-23(28)26-20/h1-15H,16H2,(H,27,29). The van der Waals surface area contributed by atoms with Gasteiger partial charge in [-0.3, -0.25) is 9.78 Å². The van der Waals surface area contributed by atoms with E-state index in [2.05, 4.69) is 15.3 Å². The van der Waals surface area contributed by atoms with Crippen molar-refractivity contribution in [3.63, 3.8) is 0 Å². The first-order chi connectivity index (χ1) is 14.7. The van der Waals surface area contributed by atoms with Crippen molar-refractivity contribution in [2.75, 3.05) is 5.32 Å². The van der Waals surface area contributed by atoms with Gasteiger partial charge in [0.25, 0.3) is 5.91 Å². The Kier molecular flexibility index (Phi) is 4.57. The Balaban J connectivity index is 1.29. The van der Waals surface area contributed by atoms with Gasteiger partial charge in [0.1, 0.15) is 18.0 Å². The van der Waals surface area contributed by atoms with Gasteiger partial charge in [0.2, 0.25) is 0 Å². The normalized spacial score (nSPS) is 10.9. The molecular weight excluding hydrogens is 376 g/mol. The SMILES string of the molecule is O=C(Nc1cnc2ccccc2c1)c1cccc(OCc2cn3ccccc3n2)c1. The lowest BCUT2D eigenvalue weighted by Gasteiger charge is -2.08. The Labute approximate surface area is 172 Å². The highest BCUT2D eigenvalue weighted by Gasteiger charge is 2.09. The maximum atomic E-state index is 12.7. The number of aromatic nitrogens is 3. The molecular formula is C24H18N4O2. The first-order valence-corrected chi connectivity index (χ1v) is 9.56. The van der Waals surface area contributed by atoms with E-state index in [1.807, 2.05) is 71.4 Å². The first kappa shape index (κ1) is 17.9. The van der Waals surface area contributed by atoms with Crippen LogP contribution in [-0.4, -0.2) is 20.3 Å². The second-order valence-electron chi connectivity index (χ2n) is 6.89. The van der Waals surface area contributed by atoms with E-state index < -0.39 is 0 Å². The number of pyridine rings is 2. The molecule has 1 amide bonds. The average Bonchev–Trinajstić information content (AvgIpc) is 3.21. The van der Waals surface area contributed by atoms with Crippen LogP contribution < -0.4 is 10.1 Å². The fraction of sp³-hybridized carbons (Fsp3) is 0.0417. The minimum Gasteiger partial charge on any atom is -0.487 e. The van der Waals surface area contributed by atoms with Crippen LogP contribution in [0.4, 0.5) is 5.69 Å². The number of hydrogen-bond donors (Lipinski definition) is 1. The molecule has 0 unspecified atom stereocenters. The highest BCUT2D eigenvalue weighted by molar-refractivity contribution is 6.05. The van der Waals surface area contributed by atoms with Crippen molar-refractivity contribution in [3.8, 4) is 5.75 Å². The number of anilines is 1. The van der Waals surface area contributed by atoms with Gasteiger partial charge in [0.15, 0.2) is 0 Å². The van der Waals surface area contributed by atoms with Crippen molar-refractivity contribution < 1.29 is 9.53 Å². The monoisotopic (exact) mass is 394 g/mol. The van der Waals surface area contributed by atoms with Crippen LogP contribution in [0.5, 0.6) is 5.75 Å². The number of nitrogens with one attached hydrogen (secondary N) is 1. The molecule has 0 spiro atoms. The minimum atomic E-state index is -0.217. The molecule has 5 rings (SSSR count). The number of benzene rings is 2. The van der Waals surface area contributed by atoms with Crippen LogP contribution in [0.25, 0.3) is 16.6 Å². The van der Waals surface area contributed by atoms with Gasteiger partial charge in [-0.15, -0.1) is 0 Å². The molecule has 6 heteroatoms. The van der Waals surface area contributed by atoms with E-state index in [1.54, 1.807) is 24.4 Å². The van der Waals surface area contributed by atoms with Crippen molar-refractivity contribution in [1.29, 1.82) is 0 Å². The van der Waals surface area contributed by atoms with Gasteiger partial charge in [-0.2, -0.15) is 0 Å². The van der Waals surface area contributed by atoms with Crippen molar-refractivity contribution in [3.05, 3.63) is 103 Å². The summed E-state index contributed by atoms with van der Waals surface area (Å²) in [5, 5.41) is 3.87. The smallest absolute Gasteiger partial charge is 0.255 e. The maximum absolute atomic E-state index is 12.7. The van der Waals surface area contributed by atoms with Crippen LogP contribution in [0.3, 0.4) is 0 Å². The predicted molar refractivity (Wildman–Crippen MR) is 116 cm³/mol. The Hall–Kier alpha value is -4.19. The molecule has 146 valence electrons. The van der Waals surface area contributed by atoms with Crippen molar-refractivity contribution >= 4 is 28.1 Å². The molecule has 0 saturated carbocycles. The molecule has 2 aromatic carbocycles. The molecule has 3 heterocycles. The quantitative estimate of drug-likeness (QED) is 0.469. The van der Waals surface area contributed by atoms with Gasteiger partial charge < -0.3 is 14.5 Å². The number of para-hydroxylation sites is 1. The molecule has 30 heavy (non-hydrogen) atoms. The van der Waals surface area contributed by atoms with E-state index >= 15 is 0 Å². The van der Waals surface area contributed by atoms with E-state index in [-0.39, 0.29) is 5.91 Å². The zero-order chi connectivity index (χ0) is 20.3. The number of nitrogens with zero attached hydrogens (tertiary/aromatic N) is 3. The second-order valence-corrected chi connectivity index (χ2v) is 6.89. The number of ether oxygens (including phenoxy) is 1.